The SMILES string of the molecule is Cc1ccc(C(=O)Nc2cc(S(N)(=O)=O)ccc2Cl)cn1. The van der Waals surface area contributed by atoms with Gasteiger partial charge in [0, 0.05) is 11.9 Å². The predicted molar refractivity (Wildman–Crippen MR) is 79.8 cm³/mol. The number of amides is 1. The largest absolute Gasteiger partial charge is 0.321 e. The summed E-state index contributed by atoms with van der Waals surface area (Å²) in [6, 6.07) is 7.12. The zero-order valence-corrected chi connectivity index (χ0v) is 12.6. The molecule has 3 N–H and O–H groups in total. The number of benzene rings is 1. The number of pyridine rings is 1. The second-order valence-corrected chi connectivity index (χ2v) is 6.30. The molecule has 6 nitrogen and oxygen atoms in total. The van der Waals surface area contributed by atoms with Crippen LogP contribution in [-0.2, 0) is 10.0 Å². The van der Waals surface area contributed by atoms with Crippen LogP contribution < -0.4 is 10.5 Å². The number of aryl methyl sites for hydroxylation is 1. The number of nitrogens with one attached hydrogen (secondary N) is 1. The molecule has 0 saturated carbocycles. The zero-order chi connectivity index (χ0) is 15.6. The lowest BCUT2D eigenvalue weighted by atomic mass is 10.2. The lowest BCUT2D eigenvalue weighted by Crippen LogP contribution is -2.15. The van der Waals surface area contributed by atoms with Gasteiger partial charge in [-0.15, -0.1) is 0 Å². The third kappa shape index (κ3) is 3.78. The van der Waals surface area contributed by atoms with E-state index in [1.807, 2.05) is 0 Å². The number of carbonyl (C=O) groups is 1. The smallest absolute Gasteiger partial charge is 0.257 e. The number of rotatable bonds is 3. The maximum atomic E-state index is 12.0. The number of anilines is 1. The Bertz CT molecular complexity index is 789. The lowest BCUT2D eigenvalue weighted by Gasteiger charge is -2.09. The summed E-state index contributed by atoms with van der Waals surface area (Å²) in [5.74, 6) is -0.448. The van der Waals surface area contributed by atoms with Gasteiger partial charge in [-0.1, -0.05) is 11.6 Å². The van der Waals surface area contributed by atoms with E-state index >= 15 is 0 Å². The maximum absolute atomic E-state index is 12.0. The van der Waals surface area contributed by atoms with E-state index in [-0.39, 0.29) is 15.6 Å². The normalized spacial score (nSPS) is 11.2. The molecule has 1 heterocycles. The van der Waals surface area contributed by atoms with Gasteiger partial charge in [0.15, 0.2) is 0 Å². The molecule has 0 unspecified atom stereocenters. The summed E-state index contributed by atoms with van der Waals surface area (Å²) in [6.07, 6.45) is 1.42. The quantitative estimate of drug-likeness (QED) is 0.900. The van der Waals surface area contributed by atoms with Crippen LogP contribution >= 0.6 is 11.6 Å². The van der Waals surface area contributed by atoms with Crippen LogP contribution in [0.4, 0.5) is 5.69 Å². The van der Waals surface area contributed by atoms with Crippen LogP contribution in [0.2, 0.25) is 5.02 Å². The molecule has 21 heavy (non-hydrogen) atoms. The molecule has 1 amide bonds. The van der Waals surface area contributed by atoms with Gasteiger partial charge in [-0.2, -0.15) is 0 Å². The van der Waals surface area contributed by atoms with Crippen molar-refractivity contribution >= 4 is 33.2 Å². The number of sulfonamides is 1. The maximum Gasteiger partial charge on any atom is 0.257 e. The number of nitrogens with zero attached hydrogens (tertiary/aromatic N) is 1. The Hall–Kier alpha value is -1.96. The molecule has 0 aliphatic heterocycles. The minimum atomic E-state index is -3.87. The number of primary sulfonamides is 1. The second-order valence-electron chi connectivity index (χ2n) is 4.33. The van der Waals surface area contributed by atoms with Crippen molar-refractivity contribution in [2.24, 2.45) is 5.14 Å². The van der Waals surface area contributed by atoms with Crippen molar-refractivity contribution in [3.05, 3.63) is 52.8 Å². The zero-order valence-electron chi connectivity index (χ0n) is 11.0. The molecule has 1 aromatic heterocycles. The average Bonchev–Trinajstić information content (AvgIpc) is 2.40. The number of aromatic nitrogens is 1. The summed E-state index contributed by atoms with van der Waals surface area (Å²) in [6.45, 7) is 1.80. The monoisotopic (exact) mass is 325 g/mol. The van der Waals surface area contributed by atoms with Crippen molar-refractivity contribution in [2.75, 3.05) is 5.32 Å². The van der Waals surface area contributed by atoms with E-state index in [0.29, 0.717) is 5.56 Å². The molecule has 0 fully saturated rings. The van der Waals surface area contributed by atoms with Crippen LogP contribution in [0.3, 0.4) is 0 Å². The van der Waals surface area contributed by atoms with Gasteiger partial charge >= 0.3 is 0 Å². The van der Waals surface area contributed by atoms with Crippen LogP contribution in [0.15, 0.2) is 41.4 Å². The molecule has 2 aromatic rings. The Balaban J connectivity index is 2.31. The summed E-state index contributed by atoms with van der Waals surface area (Å²) in [5, 5.41) is 7.77. The van der Waals surface area contributed by atoms with Crippen LogP contribution in [0.1, 0.15) is 16.1 Å². The van der Waals surface area contributed by atoms with Gasteiger partial charge in [0.2, 0.25) is 10.0 Å². The van der Waals surface area contributed by atoms with Gasteiger partial charge in [-0.3, -0.25) is 9.78 Å². The predicted octanol–water partition coefficient (Wildman–Crippen LogP) is 1.94. The highest BCUT2D eigenvalue weighted by atomic mass is 35.5. The van der Waals surface area contributed by atoms with E-state index in [2.05, 4.69) is 10.3 Å². The number of carbonyl (C=O) groups excluding carboxylic acids is 1. The molecule has 0 saturated heterocycles. The van der Waals surface area contributed by atoms with Crippen LogP contribution in [0, 0.1) is 6.92 Å². The van der Waals surface area contributed by atoms with E-state index in [9.17, 15) is 13.2 Å². The molecule has 8 heteroatoms. The van der Waals surface area contributed by atoms with Gasteiger partial charge < -0.3 is 5.32 Å². The van der Waals surface area contributed by atoms with Gasteiger partial charge in [0.1, 0.15) is 0 Å². The number of hydrogen-bond acceptors (Lipinski definition) is 4. The molecule has 110 valence electrons. The summed E-state index contributed by atoms with van der Waals surface area (Å²) < 4.78 is 22.6. The first-order valence-corrected chi connectivity index (χ1v) is 7.76. The Morgan fingerprint density at radius 1 is 1.29 bits per heavy atom. The average molecular weight is 326 g/mol. The first-order valence-electron chi connectivity index (χ1n) is 5.84. The first-order chi connectivity index (χ1) is 9.77. The van der Waals surface area contributed by atoms with Gasteiger partial charge in [-0.25, -0.2) is 13.6 Å². The summed E-state index contributed by atoms with van der Waals surface area (Å²) in [4.78, 5) is 15.9. The van der Waals surface area contributed by atoms with Gasteiger partial charge in [-0.05, 0) is 37.3 Å². The summed E-state index contributed by atoms with van der Waals surface area (Å²) in [7, 11) is -3.87. The second kappa shape index (κ2) is 5.80. The third-order valence-electron chi connectivity index (χ3n) is 2.69. The highest BCUT2D eigenvalue weighted by molar-refractivity contribution is 7.89. The Morgan fingerprint density at radius 3 is 2.57 bits per heavy atom. The van der Waals surface area contributed by atoms with Crippen LogP contribution in [-0.4, -0.2) is 19.3 Å². The number of nitrogens with two attached hydrogens (primary N) is 1. The van der Waals surface area contributed by atoms with E-state index < -0.39 is 15.9 Å². The van der Waals surface area contributed by atoms with Crippen molar-refractivity contribution < 1.29 is 13.2 Å². The van der Waals surface area contributed by atoms with Crippen LogP contribution in [0.5, 0.6) is 0 Å². The highest BCUT2D eigenvalue weighted by Gasteiger charge is 2.13. The van der Waals surface area contributed by atoms with E-state index in [1.54, 1.807) is 19.1 Å². The fraction of sp³-hybridized carbons (Fsp3) is 0.0769. The Kier molecular flexibility index (Phi) is 4.26. The third-order valence-corrected chi connectivity index (χ3v) is 3.93. The molecule has 0 aliphatic rings. The van der Waals surface area contributed by atoms with Crippen molar-refractivity contribution in [2.45, 2.75) is 11.8 Å². The van der Waals surface area contributed by atoms with E-state index in [4.69, 9.17) is 16.7 Å². The minimum Gasteiger partial charge on any atom is -0.321 e. The van der Waals surface area contributed by atoms with E-state index in [1.165, 1.54) is 24.4 Å². The molecule has 0 radical (unpaired) electrons. The molecule has 0 aliphatic carbocycles. The lowest BCUT2D eigenvalue weighted by molar-refractivity contribution is 0.102. The van der Waals surface area contributed by atoms with Crippen molar-refractivity contribution in [3.8, 4) is 0 Å². The molecule has 1 aromatic carbocycles. The van der Waals surface area contributed by atoms with Crippen molar-refractivity contribution in [1.29, 1.82) is 0 Å². The number of halogens is 1. The van der Waals surface area contributed by atoms with E-state index in [0.717, 1.165) is 5.69 Å². The Labute approximate surface area is 127 Å². The first kappa shape index (κ1) is 15.4. The molecule has 0 atom stereocenters. The molecular formula is C13H12ClN3O3S. The topological polar surface area (TPSA) is 102 Å². The minimum absolute atomic E-state index is 0.135. The fourth-order valence-electron chi connectivity index (χ4n) is 1.57. The molecular weight excluding hydrogens is 314 g/mol. The highest BCUT2D eigenvalue weighted by Crippen LogP contribution is 2.25. The number of hydrogen-bond donors (Lipinski definition) is 2. The standard InChI is InChI=1S/C13H12ClN3O3S/c1-8-2-3-9(7-16-8)13(18)17-12-6-10(21(15,19)20)4-5-11(12)14/h2-7H,1H3,(H,17,18)(H2,15,19,20). The van der Waals surface area contributed by atoms with Crippen molar-refractivity contribution in [3.63, 3.8) is 0 Å². The molecule has 0 bridgehead atoms. The summed E-state index contributed by atoms with van der Waals surface area (Å²) in [5.41, 5.74) is 1.27. The van der Waals surface area contributed by atoms with Gasteiger partial charge in [0.25, 0.3) is 5.91 Å². The summed E-state index contributed by atoms with van der Waals surface area (Å²) >= 11 is 5.94. The Morgan fingerprint density at radius 2 is 2.00 bits per heavy atom. The fourth-order valence-corrected chi connectivity index (χ4v) is 2.28. The molecule has 2 rings (SSSR count). The van der Waals surface area contributed by atoms with Crippen LogP contribution in [0.25, 0.3) is 0 Å². The molecule has 0 spiro atoms. The van der Waals surface area contributed by atoms with Gasteiger partial charge in [0.05, 0.1) is 21.2 Å². The van der Waals surface area contributed by atoms with Crippen molar-refractivity contribution in [1.82, 2.24) is 4.98 Å².